The lowest BCUT2D eigenvalue weighted by molar-refractivity contribution is -0.141. The van der Waals surface area contributed by atoms with Gasteiger partial charge in [0.25, 0.3) is 5.78 Å². The lowest BCUT2D eigenvalue weighted by Gasteiger charge is -2.32. The molecule has 0 saturated heterocycles. The highest BCUT2D eigenvalue weighted by Gasteiger charge is 2.42. The topological polar surface area (TPSA) is 60.4 Å². The van der Waals surface area contributed by atoms with E-state index in [1.54, 1.807) is 19.9 Å². The third kappa shape index (κ3) is 4.93. The summed E-state index contributed by atoms with van der Waals surface area (Å²) in [4.78, 5) is 38.4. The van der Waals surface area contributed by atoms with E-state index in [1.165, 1.54) is 0 Å². The Hall–Kier alpha value is -3.27. The number of fused-ring (bicyclic) bond motifs is 3. The summed E-state index contributed by atoms with van der Waals surface area (Å²) in [7, 11) is 0. The fraction of sp³-hybridized carbons (Fsp3) is 0.387. The molecular formula is C31H36O4. The summed E-state index contributed by atoms with van der Waals surface area (Å²) < 4.78 is 5.15. The van der Waals surface area contributed by atoms with Crippen molar-refractivity contribution in [3.05, 3.63) is 82.5 Å². The molecule has 1 aliphatic carbocycles. The molecule has 0 fully saturated rings. The van der Waals surface area contributed by atoms with Crippen LogP contribution >= 0.6 is 0 Å². The normalized spacial score (nSPS) is 14.2. The molecule has 2 aromatic carbocycles. The highest BCUT2D eigenvalue weighted by Crippen LogP contribution is 2.54. The molecule has 0 N–H and O–H groups in total. The maximum absolute atomic E-state index is 13.3. The Balaban J connectivity index is 2.18. The van der Waals surface area contributed by atoms with E-state index in [4.69, 9.17) is 4.74 Å². The SMILES string of the molecule is C/C=C\C(=C/C)C(=O)c1ccc2c(c1)C(CCC)(CCC)c1cc(C(=O)C(=O)OC(C)C)ccc1-2. The zero-order chi connectivity index (χ0) is 25.8. The highest BCUT2D eigenvalue weighted by molar-refractivity contribution is 6.40. The molecule has 0 aromatic heterocycles. The first-order valence-corrected chi connectivity index (χ1v) is 12.6. The van der Waals surface area contributed by atoms with Gasteiger partial charge in [0.1, 0.15) is 0 Å². The standard InChI is InChI=1S/C31H36O4/c1-7-11-21(10-4)28(32)22-12-14-24-25-15-13-23(29(33)30(34)35-20(5)6)19-27(25)31(16-8-2,17-9-3)26(24)18-22/h7,10-15,18-20H,8-9,16-17H2,1-6H3/b11-7-,21-10+. The molecule has 0 amide bonds. The lowest BCUT2D eigenvalue weighted by atomic mass is 9.71. The minimum absolute atomic E-state index is 0.00134. The van der Waals surface area contributed by atoms with Crippen LogP contribution in [-0.4, -0.2) is 23.6 Å². The van der Waals surface area contributed by atoms with Gasteiger partial charge in [0.2, 0.25) is 0 Å². The average Bonchev–Trinajstić information content (AvgIpc) is 3.10. The van der Waals surface area contributed by atoms with E-state index in [9.17, 15) is 14.4 Å². The first kappa shape index (κ1) is 26.3. The number of ether oxygens (including phenoxy) is 1. The summed E-state index contributed by atoms with van der Waals surface area (Å²) in [6, 6.07) is 11.5. The number of Topliss-reactive ketones (excluding diaryl/α,β-unsaturated/α-hetero) is 2. The first-order chi connectivity index (χ1) is 16.7. The van der Waals surface area contributed by atoms with Crippen molar-refractivity contribution in [1.29, 1.82) is 0 Å². The van der Waals surface area contributed by atoms with Gasteiger partial charge in [-0.2, -0.15) is 0 Å². The molecule has 4 heteroatoms. The fourth-order valence-corrected chi connectivity index (χ4v) is 5.33. The Bertz CT molecular complexity index is 1190. The maximum Gasteiger partial charge on any atom is 0.379 e. The molecular weight excluding hydrogens is 436 g/mol. The summed E-state index contributed by atoms with van der Waals surface area (Å²) in [6.07, 6.45) is 8.86. The van der Waals surface area contributed by atoms with Gasteiger partial charge in [-0.25, -0.2) is 4.79 Å². The molecule has 0 unspecified atom stereocenters. The Morgan fingerprint density at radius 2 is 1.37 bits per heavy atom. The van der Waals surface area contributed by atoms with E-state index in [2.05, 4.69) is 13.8 Å². The third-order valence-corrected chi connectivity index (χ3v) is 6.69. The van der Waals surface area contributed by atoms with Crippen molar-refractivity contribution in [2.45, 2.75) is 78.7 Å². The number of carbonyl (C=O) groups is 3. The molecule has 1 aliphatic rings. The van der Waals surface area contributed by atoms with Gasteiger partial charge in [-0.1, -0.05) is 69.2 Å². The summed E-state index contributed by atoms with van der Waals surface area (Å²) >= 11 is 0. The molecule has 0 bridgehead atoms. The summed E-state index contributed by atoms with van der Waals surface area (Å²) in [5.41, 5.74) is 5.70. The zero-order valence-corrected chi connectivity index (χ0v) is 21.7. The van der Waals surface area contributed by atoms with E-state index >= 15 is 0 Å². The molecule has 2 aromatic rings. The molecule has 0 aliphatic heterocycles. The van der Waals surface area contributed by atoms with E-state index in [-0.39, 0.29) is 17.3 Å². The van der Waals surface area contributed by atoms with Gasteiger partial charge in [0.15, 0.2) is 5.78 Å². The average molecular weight is 473 g/mol. The summed E-state index contributed by atoms with van der Waals surface area (Å²) in [5, 5.41) is 0. The molecule has 0 radical (unpaired) electrons. The first-order valence-electron chi connectivity index (χ1n) is 12.6. The number of ketones is 2. The fourth-order valence-electron chi connectivity index (χ4n) is 5.33. The van der Waals surface area contributed by atoms with Crippen LogP contribution in [0.4, 0.5) is 0 Å². The van der Waals surface area contributed by atoms with E-state index < -0.39 is 11.8 Å². The number of benzene rings is 2. The summed E-state index contributed by atoms with van der Waals surface area (Å²) in [6.45, 7) is 11.5. The largest absolute Gasteiger partial charge is 0.457 e. The summed E-state index contributed by atoms with van der Waals surface area (Å²) in [5.74, 6) is -1.46. The molecule has 0 heterocycles. The van der Waals surface area contributed by atoms with E-state index in [0.29, 0.717) is 16.7 Å². The van der Waals surface area contributed by atoms with Gasteiger partial charge >= 0.3 is 5.97 Å². The second kappa shape index (κ2) is 11.0. The van der Waals surface area contributed by atoms with Gasteiger partial charge < -0.3 is 4.74 Å². The van der Waals surface area contributed by atoms with Crippen LogP contribution in [0, 0.1) is 0 Å². The number of hydrogen-bond acceptors (Lipinski definition) is 4. The molecule has 0 atom stereocenters. The molecule has 184 valence electrons. The number of hydrogen-bond donors (Lipinski definition) is 0. The molecule has 0 saturated carbocycles. The van der Waals surface area contributed by atoms with E-state index in [1.807, 2.05) is 62.4 Å². The Labute approximate surface area is 209 Å². The number of carbonyl (C=O) groups excluding carboxylic acids is 3. The second-order valence-corrected chi connectivity index (χ2v) is 9.46. The molecule has 4 nitrogen and oxygen atoms in total. The van der Waals surface area contributed by atoms with Gasteiger partial charge in [-0.3, -0.25) is 9.59 Å². The predicted octanol–water partition coefficient (Wildman–Crippen LogP) is 7.39. The maximum atomic E-state index is 13.3. The van der Waals surface area contributed by atoms with Crippen LogP contribution in [0.3, 0.4) is 0 Å². The van der Waals surface area contributed by atoms with Crippen molar-refractivity contribution >= 4 is 17.5 Å². The monoisotopic (exact) mass is 472 g/mol. The van der Waals surface area contributed by atoms with Gasteiger partial charge in [0.05, 0.1) is 6.10 Å². The van der Waals surface area contributed by atoms with Crippen molar-refractivity contribution in [1.82, 2.24) is 0 Å². The Morgan fingerprint density at radius 3 is 1.80 bits per heavy atom. The zero-order valence-electron chi connectivity index (χ0n) is 21.7. The van der Waals surface area contributed by atoms with Crippen LogP contribution in [-0.2, 0) is 14.9 Å². The third-order valence-electron chi connectivity index (χ3n) is 6.69. The van der Waals surface area contributed by atoms with Crippen LogP contribution in [0.2, 0.25) is 0 Å². The number of allylic oxidation sites excluding steroid dienone is 4. The number of rotatable bonds is 10. The quantitative estimate of drug-likeness (QED) is 0.119. The van der Waals surface area contributed by atoms with Crippen molar-refractivity contribution in [2.24, 2.45) is 0 Å². The minimum atomic E-state index is -0.831. The van der Waals surface area contributed by atoms with Crippen LogP contribution in [0.15, 0.2) is 60.2 Å². The number of esters is 1. The lowest BCUT2D eigenvalue weighted by Crippen LogP contribution is -2.26. The van der Waals surface area contributed by atoms with Crippen molar-refractivity contribution in [3.8, 4) is 11.1 Å². The second-order valence-electron chi connectivity index (χ2n) is 9.46. The predicted molar refractivity (Wildman–Crippen MR) is 141 cm³/mol. The van der Waals surface area contributed by atoms with Gasteiger partial charge in [-0.15, -0.1) is 0 Å². The van der Waals surface area contributed by atoms with E-state index in [0.717, 1.165) is 47.9 Å². The van der Waals surface area contributed by atoms with Gasteiger partial charge in [-0.05, 0) is 74.9 Å². The van der Waals surface area contributed by atoms with Crippen LogP contribution < -0.4 is 0 Å². The smallest absolute Gasteiger partial charge is 0.379 e. The molecule has 3 rings (SSSR count). The Morgan fingerprint density at radius 1 is 0.857 bits per heavy atom. The van der Waals surface area contributed by atoms with Crippen molar-refractivity contribution in [3.63, 3.8) is 0 Å². The van der Waals surface area contributed by atoms with Gasteiger partial charge in [0, 0.05) is 22.1 Å². The van der Waals surface area contributed by atoms with Crippen LogP contribution in [0.25, 0.3) is 11.1 Å². The highest BCUT2D eigenvalue weighted by atomic mass is 16.5. The van der Waals surface area contributed by atoms with Crippen LogP contribution in [0.5, 0.6) is 0 Å². The van der Waals surface area contributed by atoms with Crippen molar-refractivity contribution in [2.75, 3.05) is 0 Å². The van der Waals surface area contributed by atoms with Crippen molar-refractivity contribution < 1.29 is 19.1 Å². The molecule has 0 spiro atoms. The Kier molecular flexibility index (Phi) is 8.26. The molecule has 35 heavy (non-hydrogen) atoms. The minimum Gasteiger partial charge on any atom is -0.457 e. The van der Waals surface area contributed by atoms with Crippen LogP contribution in [0.1, 0.15) is 99.1 Å².